The van der Waals surface area contributed by atoms with Gasteiger partial charge in [-0.25, -0.2) is 0 Å². The quantitative estimate of drug-likeness (QED) is 0.727. The maximum absolute atomic E-state index is 11.2. The Balaban J connectivity index is 2.73. The first-order valence-electron chi connectivity index (χ1n) is 9.15. The summed E-state index contributed by atoms with van der Waals surface area (Å²) in [5, 5.41) is 13.8. The number of phenolic OH excluding ortho intramolecular Hbond substituents is 1. The van der Waals surface area contributed by atoms with Crippen LogP contribution < -0.4 is 9.92 Å². The smallest absolute Gasteiger partial charge is 0.119 e. The first kappa shape index (κ1) is 19.8. The number of hydrogen-bond donors (Lipinski definition) is 1. The van der Waals surface area contributed by atoms with Crippen molar-refractivity contribution in [3.05, 3.63) is 39.6 Å². The van der Waals surface area contributed by atoms with Gasteiger partial charge in [0, 0.05) is 5.56 Å². The van der Waals surface area contributed by atoms with E-state index in [0.717, 1.165) is 16.5 Å². The van der Waals surface area contributed by atoms with Crippen LogP contribution in [0.2, 0.25) is 13.1 Å². The van der Waals surface area contributed by atoms with Gasteiger partial charge in [0.1, 0.15) is 19.6 Å². The van der Waals surface area contributed by atoms with Crippen molar-refractivity contribution in [2.24, 2.45) is 5.92 Å². The van der Waals surface area contributed by atoms with Gasteiger partial charge in [0.05, 0.1) is 7.11 Å². The molecule has 1 aromatic rings. The lowest BCUT2D eigenvalue weighted by atomic mass is 9.86. The van der Waals surface area contributed by atoms with Crippen molar-refractivity contribution in [2.45, 2.75) is 67.0 Å². The molecule has 0 saturated heterocycles. The van der Waals surface area contributed by atoms with E-state index in [-0.39, 0.29) is 5.41 Å². The van der Waals surface area contributed by atoms with E-state index in [9.17, 15) is 5.11 Å². The summed E-state index contributed by atoms with van der Waals surface area (Å²) in [6.07, 6.45) is 0. The van der Waals surface area contributed by atoms with Gasteiger partial charge in [0.25, 0.3) is 0 Å². The molecule has 0 saturated carbocycles. The predicted octanol–water partition coefficient (Wildman–Crippen LogP) is 5.46. The maximum atomic E-state index is 11.2. The molecule has 3 heteroatoms. The van der Waals surface area contributed by atoms with Crippen molar-refractivity contribution >= 4 is 13.3 Å². The predicted molar refractivity (Wildman–Crippen MR) is 111 cm³/mol. The second kappa shape index (κ2) is 6.35. The van der Waals surface area contributed by atoms with Gasteiger partial charge in [0.2, 0.25) is 0 Å². The van der Waals surface area contributed by atoms with Gasteiger partial charge < -0.3 is 9.84 Å². The average molecular weight is 359 g/mol. The van der Waals surface area contributed by atoms with Crippen LogP contribution in [0.15, 0.2) is 34.0 Å². The van der Waals surface area contributed by atoms with Gasteiger partial charge in [-0.3, -0.25) is 0 Å². The van der Waals surface area contributed by atoms with Crippen LogP contribution in [0.3, 0.4) is 0 Å². The number of methoxy groups -OCH3 is 1. The minimum atomic E-state index is -2.05. The fourth-order valence-corrected chi connectivity index (χ4v) is 8.24. The number of benzene rings is 1. The fourth-order valence-electron chi connectivity index (χ4n) is 4.29. The summed E-state index contributed by atoms with van der Waals surface area (Å²) in [4.78, 5) is 0. The van der Waals surface area contributed by atoms with E-state index >= 15 is 0 Å². The highest BCUT2D eigenvalue weighted by Gasteiger charge is 2.40. The molecular weight excluding hydrogens is 324 g/mol. The van der Waals surface area contributed by atoms with Crippen LogP contribution in [0.25, 0.3) is 0 Å². The summed E-state index contributed by atoms with van der Waals surface area (Å²) >= 11 is 0. The molecule has 1 aromatic carbocycles. The van der Waals surface area contributed by atoms with Crippen molar-refractivity contribution in [2.75, 3.05) is 7.11 Å². The molecule has 0 heterocycles. The largest absolute Gasteiger partial charge is 0.508 e. The lowest BCUT2D eigenvalue weighted by Crippen LogP contribution is -2.46. The first-order valence-corrected chi connectivity index (χ1v) is 12.1. The summed E-state index contributed by atoms with van der Waals surface area (Å²) in [6, 6.07) is 4.05. The van der Waals surface area contributed by atoms with Gasteiger partial charge in [-0.1, -0.05) is 57.1 Å². The molecule has 25 heavy (non-hydrogen) atoms. The summed E-state index contributed by atoms with van der Waals surface area (Å²) in [5.74, 6) is 1.74. The SMILES string of the molecule is COc1cc(C(C)(C)C)c(O)c([Si](C)(C)C2=C(C)C(C)=C(C)C2C)c1. The van der Waals surface area contributed by atoms with E-state index in [1.165, 1.54) is 21.9 Å². The molecule has 2 rings (SSSR count). The molecule has 1 aliphatic rings. The van der Waals surface area contributed by atoms with Crippen LogP contribution >= 0.6 is 0 Å². The van der Waals surface area contributed by atoms with Crippen LogP contribution in [0.5, 0.6) is 11.5 Å². The Labute approximate surface area is 154 Å². The zero-order valence-electron chi connectivity index (χ0n) is 17.6. The van der Waals surface area contributed by atoms with Crippen molar-refractivity contribution in [1.29, 1.82) is 0 Å². The molecular formula is C22H34O2Si. The molecule has 1 aliphatic carbocycles. The number of allylic oxidation sites excluding steroid dienone is 4. The van der Waals surface area contributed by atoms with Crippen LogP contribution in [0.1, 0.15) is 54.0 Å². The van der Waals surface area contributed by atoms with E-state index in [0.29, 0.717) is 11.7 Å². The first-order chi connectivity index (χ1) is 11.3. The minimum absolute atomic E-state index is 0.132. The molecule has 1 N–H and O–H groups in total. The highest BCUT2D eigenvalue weighted by molar-refractivity contribution is 6.96. The molecule has 0 fully saturated rings. The van der Waals surface area contributed by atoms with E-state index < -0.39 is 8.07 Å². The van der Waals surface area contributed by atoms with Crippen LogP contribution in [0.4, 0.5) is 0 Å². The van der Waals surface area contributed by atoms with E-state index in [4.69, 9.17) is 4.74 Å². The highest BCUT2D eigenvalue weighted by atomic mass is 28.3. The summed E-state index contributed by atoms with van der Waals surface area (Å²) in [5.41, 5.74) is 5.13. The van der Waals surface area contributed by atoms with E-state index in [1.54, 1.807) is 7.11 Å². The Kier molecular flexibility index (Phi) is 5.04. The Morgan fingerprint density at radius 2 is 1.60 bits per heavy atom. The zero-order valence-corrected chi connectivity index (χ0v) is 18.6. The third kappa shape index (κ3) is 3.19. The minimum Gasteiger partial charge on any atom is -0.508 e. The molecule has 1 atom stereocenters. The number of hydrogen-bond acceptors (Lipinski definition) is 2. The van der Waals surface area contributed by atoms with Gasteiger partial charge in [-0.2, -0.15) is 0 Å². The number of aromatic hydroxyl groups is 1. The molecule has 138 valence electrons. The number of phenols is 1. The van der Waals surface area contributed by atoms with Gasteiger partial charge in [-0.15, -0.1) is 0 Å². The van der Waals surface area contributed by atoms with Crippen molar-refractivity contribution in [3.8, 4) is 11.5 Å². The lowest BCUT2D eigenvalue weighted by Gasteiger charge is -2.33. The summed E-state index contributed by atoms with van der Waals surface area (Å²) in [6.45, 7) is 20.1. The van der Waals surface area contributed by atoms with E-state index in [1.807, 2.05) is 6.07 Å². The topological polar surface area (TPSA) is 29.5 Å². The van der Waals surface area contributed by atoms with Crippen molar-refractivity contribution in [1.82, 2.24) is 0 Å². The Hall–Kier alpha value is -1.48. The molecule has 0 spiro atoms. The molecule has 2 nitrogen and oxygen atoms in total. The second-order valence-electron chi connectivity index (χ2n) is 9.01. The Morgan fingerprint density at radius 3 is 2.00 bits per heavy atom. The third-order valence-electron chi connectivity index (χ3n) is 6.11. The maximum Gasteiger partial charge on any atom is 0.119 e. The zero-order chi connectivity index (χ0) is 19.3. The Morgan fingerprint density at radius 1 is 1.04 bits per heavy atom. The summed E-state index contributed by atoms with van der Waals surface area (Å²) in [7, 11) is -0.346. The number of rotatable bonds is 3. The van der Waals surface area contributed by atoms with Gasteiger partial charge in [0.15, 0.2) is 0 Å². The lowest BCUT2D eigenvalue weighted by molar-refractivity contribution is 0.407. The molecule has 0 radical (unpaired) electrons. The highest BCUT2D eigenvalue weighted by Crippen LogP contribution is 2.43. The van der Waals surface area contributed by atoms with Crippen LogP contribution in [0, 0.1) is 5.92 Å². The third-order valence-corrected chi connectivity index (χ3v) is 10.00. The average Bonchev–Trinajstić information content (AvgIpc) is 2.70. The Bertz CT molecular complexity index is 761. The molecule has 0 aromatic heterocycles. The normalized spacial score (nSPS) is 19.0. The van der Waals surface area contributed by atoms with Gasteiger partial charge >= 0.3 is 0 Å². The van der Waals surface area contributed by atoms with E-state index in [2.05, 4.69) is 67.6 Å². The number of ether oxygens (including phenoxy) is 1. The second-order valence-corrected chi connectivity index (χ2v) is 13.3. The molecule has 0 bridgehead atoms. The van der Waals surface area contributed by atoms with Gasteiger partial charge in [-0.05, 0) is 55.0 Å². The fraction of sp³-hybridized carbons (Fsp3) is 0.545. The van der Waals surface area contributed by atoms with Crippen LogP contribution in [-0.2, 0) is 5.41 Å². The monoisotopic (exact) mass is 358 g/mol. The molecule has 1 unspecified atom stereocenters. The standard InChI is InChI=1S/C22H34O2Si/c1-13-14(2)16(4)21(15(13)3)25(9,10)19-12-17(24-8)11-18(20(19)23)22(5,6)7/h11-12,15,23H,1-10H3. The van der Waals surface area contributed by atoms with Crippen molar-refractivity contribution < 1.29 is 9.84 Å². The molecule has 0 amide bonds. The van der Waals surface area contributed by atoms with Crippen LogP contribution in [-0.4, -0.2) is 20.3 Å². The summed E-state index contributed by atoms with van der Waals surface area (Å²) < 4.78 is 5.58. The van der Waals surface area contributed by atoms with Crippen molar-refractivity contribution in [3.63, 3.8) is 0 Å². The molecule has 0 aliphatic heterocycles.